The van der Waals surface area contributed by atoms with Crippen molar-refractivity contribution in [3.8, 4) is 5.75 Å². The molecule has 0 saturated carbocycles. The Morgan fingerprint density at radius 3 is 2.58 bits per heavy atom. The van der Waals surface area contributed by atoms with Crippen LogP contribution in [0.5, 0.6) is 5.75 Å². The first-order valence-corrected chi connectivity index (χ1v) is 11.8. The monoisotopic (exact) mass is 449 g/mol. The van der Waals surface area contributed by atoms with Gasteiger partial charge in [0.2, 0.25) is 0 Å². The number of aryl methyl sites for hydroxylation is 1. The Labute approximate surface area is 194 Å². The number of hydrogen-bond donors (Lipinski definition) is 0. The average molecular weight is 450 g/mol. The van der Waals surface area contributed by atoms with Crippen molar-refractivity contribution in [1.82, 2.24) is 9.80 Å². The fraction of sp³-hybridized carbons (Fsp3) is 0.462. The molecule has 0 radical (unpaired) electrons. The number of carbonyl (C=O) groups is 2. The molecule has 3 aliphatic rings. The van der Waals surface area contributed by atoms with Crippen molar-refractivity contribution >= 4 is 17.5 Å². The molecule has 1 unspecified atom stereocenters. The van der Waals surface area contributed by atoms with Gasteiger partial charge >= 0.3 is 0 Å². The van der Waals surface area contributed by atoms with E-state index < -0.39 is 0 Å². The molecule has 2 aromatic carbocycles. The van der Waals surface area contributed by atoms with Crippen LogP contribution in [-0.2, 0) is 11.3 Å². The number of rotatable bonds is 6. The minimum absolute atomic E-state index is 0.0409. The summed E-state index contributed by atoms with van der Waals surface area (Å²) in [6.07, 6.45) is 1.84. The second-order valence-electron chi connectivity index (χ2n) is 9.12. The molecule has 0 aliphatic carbocycles. The summed E-state index contributed by atoms with van der Waals surface area (Å²) in [5.74, 6) is 0.535. The lowest BCUT2D eigenvalue weighted by Crippen LogP contribution is -2.46. The highest BCUT2D eigenvalue weighted by Gasteiger charge is 2.40. The molecule has 5 rings (SSSR count). The number of anilines is 1. The van der Waals surface area contributed by atoms with E-state index in [1.807, 2.05) is 18.2 Å². The van der Waals surface area contributed by atoms with Crippen LogP contribution in [-0.4, -0.2) is 74.2 Å². The van der Waals surface area contributed by atoms with E-state index in [4.69, 9.17) is 9.47 Å². The second kappa shape index (κ2) is 9.15. The highest BCUT2D eigenvalue weighted by Crippen LogP contribution is 2.33. The van der Waals surface area contributed by atoms with E-state index >= 15 is 0 Å². The SMILES string of the molecule is COc1ccc(CN2CCN(c3cccc4c3C(=O)N(CC3CCCO3)C4=O)CC2)cc1C. The third kappa shape index (κ3) is 4.23. The van der Waals surface area contributed by atoms with Crippen LogP contribution in [0.25, 0.3) is 0 Å². The summed E-state index contributed by atoms with van der Waals surface area (Å²) in [5.41, 5.74) is 4.36. The van der Waals surface area contributed by atoms with E-state index in [0.717, 1.165) is 62.6 Å². The molecule has 33 heavy (non-hydrogen) atoms. The van der Waals surface area contributed by atoms with Crippen molar-refractivity contribution in [1.29, 1.82) is 0 Å². The Morgan fingerprint density at radius 1 is 1.06 bits per heavy atom. The number of fused-ring (bicyclic) bond motifs is 1. The van der Waals surface area contributed by atoms with Crippen LogP contribution >= 0.6 is 0 Å². The summed E-state index contributed by atoms with van der Waals surface area (Å²) >= 11 is 0. The van der Waals surface area contributed by atoms with Gasteiger partial charge in [-0.2, -0.15) is 0 Å². The first-order chi connectivity index (χ1) is 16.0. The van der Waals surface area contributed by atoms with Gasteiger partial charge in [0.05, 0.1) is 36.6 Å². The predicted molar refractivity (Wildman–Crippen MR) is 126 cm³/mol. The number of carbonyl (C=O) groups excluding carboxylic acids is 2. The molecule has 0 aromatic heterocycles. The third-order valence-electron chi connectivity index (χ3n) is 6.97. The number of imide groups is 1. The fourth-order valence-electron chi connectivity index (χ4n) is 5.18. The normalized spacial score (nSPS) is 21.1. The van der Waals surface area contributed by atoms with Gasteiger partial charge in [0.25, 0.3) is 11.8 Å². The maximum atomic E-state index is 13.3. The van der Waals surface area contributed by atoms with E-state index in [-0.39, 0.29) is 17.9 Å². The van der Waals surface area contributed by atoms with E-state index in [1.54, 1.807) is 13.2 Å². The van der Waals surface area contributed by atoms with Crippen molar-refractivity contribution in [3.63, 3.8) is 0 Å². The molecule has 2 fully saturated rings. The number of nitrogens with zero attached hydrogens (tertiary/aromatic N) is 3. The quantitative estimate of drug-likeness (QED) is 0.632. The first kappa shape index (κ1) is 21.9. The zero-order valence-corrected chi connectivity index (χ0v) is 19.4. The highest BCUT2D eigenvalue weighted by molar-refractivity contribution is 6.23. The summed E-state index contributed by atoms with van der Waals surface area (Å²) in [7, 11) is 1.70. The molecule has 2 saturated heterocycles. The van der Waals surface area contributed by atoms with Gasteiger partial charge in [-0.3, -0.25) is 19.4 Å². The molecule has 0 spiro atoms. The standard InChI is InChI=1S/C26H31N3O4/c1-18-15-19(8-9-23(18)32-2)16-27-10-12-28(13-11-27)22-7-3-6-21-24(22)26(31)29(25(21)30)17-20-5-4-14-33-20/h3,6-9,15,20H,4-5,10-14,16-17H2,1-2H3. The molecule has 0 N–H and O–H groups in total. The Bertz CT molecular complexity index is 1060. The molecule has 2 aromatic rings. The summed E-state index contributed by atoms with van der Waals surface area (Å²) in [6, 6.07) is 12.0. The van der Waals surface area contributed by atoms with Crippen LogP contribution in [0.4, 0.5) is 5.69 Å². The number of methoxy groups -OCH3 is 1. The number of piperazine rings is 1. The summed E-state index contributed by atoms with van der Waals surface area (Å²) in [6.45, 7) is 7.44. The number of benzene rings is 2. The Hall–Kier alpha value is -2.90. The number of ether oxygens (including phenoxy) is 2. The smallest absolute Gasteiger partial charge is 0.263 e. The topological polar surface area (TPSA) is 62.3 Å². The van der Waals surface area contributed by atoms with Crippen molar-refractivity contribution in [3.05, 3.63) is 58.7 Å². The van der Waals surface area contributed by atoms with E-state index in [2.05, 4.69) is 28.9 Å². The summed E-state index contributed by atoms with van der Waals surface area (Å²) in [5, 5.41) is 0. The molecule has 7 nitrogen and oxygen atoms in total. The maximum Gasteiger partial charge on any atom is 0.263 e. The van der Waals surface area contributed by atoms with Crippen LogP contribution in [0.2, 0.25) is 0 Å². The van der Waals surface area contributed by atoms with Gasteiger partial charge < -0.3 is 14.4 Å². The summed E-state index contributed by atoms with van der Waals surface area (Å²) < 4.78 is 11.0. The highest BCUT2D eigenvalue weighted by atomic mass is 16.5. The maximum absolute atomic E-state index is 13.3. The second-order valence-corrected chi connectivity index (χ2v) is 9.12. The van der Waals surface area contributed by atoms with Crippen molar-refractivity contribution in [2.45, 2.75) is 32.4 Å². The Balaban J connectivity index is 1.26. The molecule has 3 heterocycles. The van der Waals surface area contributed by atoms with Crippen molar-refractivity contribution in [2.75, 3.05) is 51.3 Å². The van der Waals surface area contributed by atoms with Crippen molar-refractivity contribution < 1.29 is 19.1 Å². The van der Waals surface area contributed by atoms with Gasteiger partial charge in [0.15, 0.2) is 0 Å². The molecular weight excluding hydrogens is 418 g/mol. The van der Waals surface area contributed by atoms with Gasteiger partial charge in [0, 0.05) is 39.3 Å². The largest absolute Gasteiger partial charge is 0.496 e. The zero-order chi connectivity index (χ0) is 22.9. The van der Waals surface area contributed by atoms with Gasteiger partial charge in [0.1, 0.15) is 5.75 Å². The first-order valence-electron chi connectivity index (χ1n) is 11.8. The molecule has 2 amide bonds. The average Bonchev–Trinajstić information content (AvgIpc) is 3.43. The fourth-order valence-corrected chi connectivity index (χ4v) is 5.18. The Kier molecular flexibility index (Phi) is 6.08. The van der Waals surface area contributed by atoms with Crippen LogP contribution in [0.1, 0.15) is 44.7 Å². The van der Waals surface area contributed by atoms with Gasteiger partial charge in [-0.25, -0.2) is 0 Å². The number of amides is 2. The lowest BCUT2D eigenvalue weighted by Gasteiger charge is -2.36. The molecule has 174 valence electrons. The van der Waals surface area contributed by atoms with E-state index in [0.29, 0.717) is 24.3 Å². The predicted octanol–water partition coefficient (Wildman–Crippen LogP) is 3.10. The van der Waals surface area contributed by atoms with Crippen LogP contribution in [0.15, 0.2) is 36.4 Å². The zero-order valence-electron chi connectivity index (χ0n) is 19.4. The number of hydrogen-bond acceptors (Lipinski definition) is 6. The van der Waals surface area contributed by atoms with Crippen molar-refractivity contribution in [2.24, 2.45) is 0 Å². The van der Waals surface area contributed by atoms with Crippen LogP contribution in [0, 0.1) is 6.92 Å². The van der Waals surface area contributed by atoms with Gasteiger partial charge in [-0.1, -0.05) is 18.2 Å². The molecule has 7 heteroatoms. The Morgan fingerprint density at radius 2 is 1.88 bits per heavy atom. The van der Waals surface area contributed by atoms with E-state index in [1.165, 1.54) is 10.5 Å². The summed E-state index contributed by atoms with van der Waals surface area (Å²) in [4.78, 5) is 32.3. The minimum atomic E-state index is -0.194. The minimum Gasteiger partial charge on any atom is -0.496 e. The molecule has 1 atom stereocenters. The van der Waals surface area contributed by atoms with Gasteiger partial charge in [-0.15, -0.1) is 0 Å². The molecule has 3 aliphatic heterocycles. The van der Waals surface area contributed by atoms with Crippen LogP contribution in [0.3, 0.4) is 0 Å². The molecule has 0 bridgehead atoms. The van der Waals surface area contributed by atoms with Gasteiger partial charge in [-0.05, 0) is 49.1 Å². The van der Waals surface area contributed by atoms with E-state index in [9.17, 15) is 9.59 Å². The lowest BCUT2D eigenvalue weighted by atomic mass is 10.1. The third-order valence-corrected chi connectivity index (χ3v) is 6.97. The lowest BCUT2D eigenvalue weighted by molar-refractivity contribution is 0.0475. The van der Waals surface area contributed by atoms with Crippen LogP contribution < -0.4 is 9.64 Å². The molecular formula is C26H31N3O4.